The van der Waals surface area contributed by atoms with Crippen molar-refractivity contribution >= 4 is 33.2 Å². The van der Waals surface area contributed by atoms with Crippen molar-refractivity contribution in [2.45, 2.75) is 4.90 Å². The molecule has 0 spiro atoms. The van der Waals surface area contributed by atoms with Crippen molar-refractivity contribution in [2.24, 2.45) is 5.73 Å². The fourth-order valence-corrected chi connectivity index (χ4v) is 2.36. The first-order valence-electron chi connectivity index (χ1n) is 6.23. The first-order chi connectivity index (χ1) is 10.3. The molecule has 2 rings (SSSR count). The zero-order chi connectivity index (χ0) is 16.3. The number of nitrogens with one attached hydrogen (secondary N) is 2. The Labute approximate surface area is 127 Å². The summed E-state index contributed by atoms with van der Waals surface area (Å²) in [4.78, 5) is 19.5. The van der Waals surface area contributed by atoms with Crippen LogP contribution in [-0.2, 0) is 9.84 Å². The van der Waals surface area contributed by atoms with Gasteiger partial charge in [0, 0.05) is 25.2 Å². The second-order valence-corrected chi connectivity index (χ2v) is 6.51. The van der Waals surface area contributed by atoms with E-state index in [0.29, 0.717) is 11.5 Å². The van der Waals surface area contributed by atoms with Crippen LogP contribution in [0.2, 0.25) is 0 Å². The molecule has 9 heteroatoms. The van der Waals surface area contributed by atoms with E-state index in [1.54, 1.807) is 19.2 Å². The van der Waals surface area contributed by atoms with Crippen LogP contribution in [0.4, 0.5) is 17.5 Å². The van der Waals surface area contributed by atoms with Crippen LogP contribution in [0.15, 0.2) is 35.4 Å². The summed E-state index contributed by atoms with van der Waals surface area (Å²) in [5.74, 6) is -0.0763. The van der Waals surface area contributed by atoms with E-state index in [9.17, 15) is 13.2 Å². The van der Waals surface area contributed by atoms with Crippen molar-refractivity contribution in [2.75, 3.05) is 23.9 Å². The first-order valence-corrected chi connectivity index (χ1v) is 8.12. The monoisotopic (exact) mass is 321 g/mol. The molecule has 0 bridgehead atoms. The molecular weight excluding hydrogens is 306 g/mol. The van der Waals surface area contributed by atoms with Crippen LogP contribution in [0, 0.1) is 0 Å². The molecule has 0 fully saturated rings. The zero-order valence-corrected chi connectivity index (χ0v) is 12.8. The van der Waals surface area contributed by atoms with E-state index in [1.807, 2.05) is 0 Å². The Bertz CT molecular complexity index is 803. The van der Waals surface area contributed by atoms with Crippen LogP contribution in [0.25, 0.3) is 0 Å². The maximum Gasteiger partial charge on any atom is 0.254 e. The third-order valence-corrected chi connectivity index (χ3v) is 3.96. The number of nitrogens with two attached hydrogens (primary N) is 1. The summed E-state index contributed by atoms with van der Waals surface area (Å²) in [7, 11) is -1.63. The highest BCUT2D eigenvalue weighted by Crippen LogP contribution is 2.19. The molecule has 1 aromatic carbocycles. The molecule has 0 unspecified atom stereocenters. The summed E-state index contributed by atoms with van der Waals surface area (Å²) in [6, 6.07) is 6.16. The van der Waals surface area contributed by atoms with Gasteiger partial charge in [-0.15, -0.1) is 0 Å². The van der Waals surface area contributed by atoms with Crippen molar-refractivity contribution < 1.29 is 13.2 Å². The summed E-state index contributed by atoms with van der Waals surface area (Å²) in [5.41, 5.74) is 6.01. The molecule has 0 saturated carbocycles. The first kappa shape index (κ1) is 15.7. The van der Waals surface area contributed by atoms with Gasteiger partial charge in [-0.2, -0.15) is 4.98 Å². The minimum absolute atomic E-state index is 0.181. The van der Waals surface area contributed by atoms with Crippen molar-refractivity contribution in [1.29, 1.82) is 0 Å². The Hall–Kier alpha value is -2.68. The molecule has 2 aromatic rings. The van der Waals surface area contributed by atoms with Crippen LogP contribution in [0.1, 0.15) is 10.4 Å². The van der Waals surface area contributed by atoms with E-state index in [0.717, 1.165) is 6.26 Å². The fourth-order valence-electron chi connectivity index (χ4n) is 1.73. The van der Waals surface area contributed by atoms with E-state index in [-0.39, 0.29) is 16.4 Å². The van der Waals surface area contributed by atoms with Crippen LogP contribution < -0.4 is 16.4 Å². The number of sulfone groups is 1. The zero-order valence-electron chi connectivity index (χ0n) is 12.0. The van der Waals surface area contributed by atoms with Gasteiger partial charge in [0.1, 0.15) is 5.82 Å². The lowest BCUT2D eigenvalue weighted by atomic mass is 10.3. The number of carbonyl (C=O) groups is 1. The number of anilines is 3. The Kier molecular flexibility index (Phi) is 4.27. The van der Waals surface area contributed by atoms with E-state index in [4.69, 9.17) is 5.73 Å². The van der Waals surface area contributed by atoms with Gasteiger partial charge in [0.2, 0.25) is 5.95 Å². The summed E-state index contributed by atoms with van der Waals surface area (Å²) in [6.07, 6.45) is 2.45. The van der Waals surface area contributed by atoms with Crippen LogP contribution in [0.3, 0.4) is 0 Å². The lowest BCUT2D eigenvalue weighted by Crippen LogP contribution is -2.15. The Morgan fingerprint density at radius 3 is 2.36 bits per heavy atom. The van der Waals surface area contributed by atoms with Crippen molar-refractivity contribution in [3.63, 3.8) is 0 Å². The Balaban J connectivity index is 2.26. The molecule has 22 heavy (non-hydrogen) atoms. The standard InChI is InChI=1S/C13H15N5O3S/c1-15-12-10(11(14)19)7-16-13(18-12)17-8-3-5-9(6-4-8)22(2,20)21/h3-7H,1-2H3,(H2,14,19)(H2,15,16,17,18). The molecule has 0 aliphatic rings. The summed E-state index contributed by atoms with van der Waals surface area (Å²) in [5, 5.41) is 5.68. The minimum atomic E-state index is -3.24. The van der Waals surface area contributed by atoms with Gasteiger partial charge in [0.15, 0.2) is 9.84 Å². The lowest BCUT2D eigenvalue weighted by Gasteiger charge is -2.09. The van der Waals surface area contributed by atoms with Gasteiger partial charge in [-0.25, -0.2) is 13.4 Å². The van der Waals surface area contributed by atoms with Crippen LogP contribution >= 0.6 is 0 Å². The van der Waals surface area contributed by atoms with E-state index >= 15 is 0 Å². The number of amides is 1. The molecule has 1 aromatic heterocycles. The molecule has 0 saturated heterocycles. The predicted molar refractivity (Wildman–Crippen MR) is 82.9 cm³/mol. The predicted octanol–water partition coefficient (Wildman–Crippen LogP) is 0.764. The number of benzene rings is 1. The molecule has 1 heterocycles. The maximum atomic E-state index is 11.4. The number of hydrogen-bond acceptors (Lipinski definition) is 7. The quantitative estimate of drug-likeness (QED) is 0.742. The molecular formula is C13H15N5O3S. The number of primary amides is 1. The van der Waals surface area contributed by atoms with Gasteiger partial charge in [0.05, 0.1) is 10.5 Å². The van der Waals surface area contributed by atoms with Crippen LogP contribution in [-0.4, -0.2) is 37.6 Å². The van der Waals surface area contributed by atoms with E-state index in [2.05, 4.69) is 20.6 Å². The van der Waals surface area contributed by atoms with E-state index in [1.165, 1.54) is 18.3 Å². The van der Waals surface area contributed by atoms with Gasteiger partial charge >= 0.3 is 0 Å². The largest absolute Gasteiger partial charge is 0.372 e. The third-order valence-electron chi connectivity index (χ3n) is 2.83. The molecule has 8 nitrogen and oxygen atoms in total. The molecule has 116 valence electrons. The van der Waals surface area contributed by atoms with Crippen LogP contribution in [0.5, 0.6) is 0 Å². The normalized spacial score (nSPS) is 11.0. The number of carbonyl (C=O) groups excluding carboxylic acids is 1. The number of rotatable bonds is 5. The highest BCUT2D eigenvalue weighted by molar-refractivity contribution is 7.90. The maximum absolute atomic E-state index is 11.4. The number of hydrogen-bond donors (Lipinski definition) is 3. The molecule has 0 atom stereocenters. The van der Waals surface area contributed by atoms with Gasteiger partial charge in [-0.05, 0) is 24.3 Å². The second-order valence-electron chi connectivity index (χ2n) is 4.49. The number of nitrogens with zero attached hydrogens (tertiary/aromatic N) is 2. The SMILES string of the molecule is CNc1nc(Nc2ccc(S(C)(=O)=O)cc2)ncc1C(N)=O. The van der Waals surface area contributed by atoms with Gasteiger partial charge in [-0.1, -0.05) is 0 Å². The van der Waals surface area contributed by atoms with Crippen molar-refractivity contribution in [3.8, 4) is 0 Å². The minimum Gasteiger partial charge on any atom is -0.372 e. The summed E-state index contributed by atoms with van der Waals surface area (Å²) in [6.45, 7) is 0. The Morgan fingerprint density at radius 1 is 1.23 bits per heavy atom. The topological polar surface area (TPSA) is 127 Å². The number of aromatic nitrogens is 2. The van der Waals surface area contributed by atoms with E-state index < -0.39 is 15.7 Å². The highest BCUT2D eigenvalue weighted by atomic mass is 32.2. The second kappa shape index (κ2) is 5.98. The average Bonchev–Trinajstić information content (AvgIpc) is 2.46. The third kappa shape index (κ3) is 3.50. The lowest BCUT2D eigenvalue weighted by molar-refractivity contribution is 0.100. The Morgan fingerprint density at radius 2 is 1.86 bits per heavy atom. The van der Waals surface area contributed by atoms with Gasteiger partial charge in [-0.3, -0.25) is 4.79 Å². The molecule has 4 N–H and O–H groups in total. The van der Waals surface area contributed by atoms with Crippen molar-refractivity contribution in [1.82, 2.24) is 9.97 Å². The van der Waals surface area contributed by atoms with Gasteiger partial charge in [0.25, 0.3) is 5.91 Å². The highest BCUT2D eigenvalue weighted by Gasteiger charge is 2.11. The van der Waals surface area contributed by atoms with Crippen molar-refractivity contribution in [3.05, 3.63) is 36.0 Å². The summed E-state index contributed by atoms with van der Waals surface area (Å²) >= 11 is 0. The fraction of sp³-hybridized carbons (Fsp3) is 0.154. The molecule has 0 radical (unpaired) electrons. The van der Waals surface area contributed by atoms with Gasteiger partial charge < -0.3 is 16.4 Å². The molecule has 1 amide bonds. The molecule has 0 aliphatic heterocycles. The smallest absolute Gasteiger partial charge is 0.254 e. The average molecular weight is 321 g/mol. The summed E-state index contributed by atoms with van der Waals surface area (Å²) < 4.78 is 22.8. The molecule has 0 aliphatic carbocycles.